The van der Waals surface area contributed by atoms with Crippen LogP contribution in [0.5, 0.6) is 11.5 Å². The van der Waals surface area contributed by atoms with Crippen LogP contribution in [0.3, 0.4) is 0 Å². The van der Waals surface area contributed by atoms with Crippen LogP contribution in [0, 0.1) is 5.82 Å². The van der Waals surface area contributed by atoms with Crippen LogP contribution in [0.25, 0.3) is 0 Å². The zero-order valence-corrected chi connectivity index (χ0v) is 19.8. The molecule has 30 heavy (non-hydrogen) atoms. The fourth-order valence-corrected chi connectivity index (χ4v) is 3.32. The number of hydrogen-bond acceptors (Lipinski definition) is 4. The Morgan fingerprint density at radius 2 is 2.07 bits per heavy atom. The Bertz CT molecular complexity index is 799. The monoisotopic (exact) mass is 528 g/mol. The van der Waals surface area contributed by atoms with E-state index in [1.165, 1.54) is 6.07 Å². The van der Waals surface area contributed by atoms with Crippen molar-refractivity contribution in [2.45, 2.75) is 39.3 Å². The molecule has 164 valence electrons. The lowest BCUT2D eigenvalue weighted by Crippen LogP contribution is -2.47. The SMILES string of the molecule is CCNC(=NCc1ccc(Oc2cccnc2)c(F)c1)N1CCC(OCC)CC1.I. The summed E-state index contributed by atoms with van der Waals surface area (Å²) in [5.74, 6) is 1.13. The third kappa shape index (κ3) is 7.09. The molecule has 0 spiro atoms. The van der Waals surface area contributed by atoms with Crippen molar-refractivity contribution in [1.29, 1.82) is 0 Å². The van der Waals surface area contributed by atoms with Gasteiger partial charge in [0, 0.05) is 32.4 Å². The minimum absolute atomic E-state index is 0. The molecule has 0 atom stereocenters. The number of aromatic nitrogens is 1. The zero-order chi connectivity index (χ0) is 20.5. The van der Waals surface area contributed by atoms with Crippen LogP contribution in [-0.2, 0) is 11.3 Å². The van der Waals surface area contributed by atoms with Crippen LogP contribution in [-0.4, -0.2) is 48.2 Å². The van der Waals surface area contributed by atoms with Gasteiger partial charge in [-0.25, -0.2) is 9.38 Å². The van der Waals surface area contributed by atoms with Crippen molar-refractivity contribution < 1.29 is 13.9 Å². The van der Waals surface area contributed by atoms with Gasteiger partial charge in [-0.1, -0.05) is 6.07 Å². The summed E-state index contributed by atoms with van der Waals surface area (Å²) >= 11 is 0. The van der Waals surface area contributed by atoms with Crippen LogP contribution in [0.15, 0.2) is 47.7 Å². The topological polar surface area (TPSA) is 59.0 Å². The molecule has 6 nitrogen and oxygen atoms in total. The predicted molar refractivity (Wildman–Crippen MR) is 127 cm³/mol. The van der Waals surface area contributed by atoms with E-state index in [-0.39, 0.29) is 29.7 Å². The standard InChI is InChI=1S/C22H29FN4O2.HI/c1-3-25-22(27-12-9-18(10-13-27)28-4-2)26-15-17-7-8-21(20(23)14-17)29-19-6-5-11-24-16-19;/h5-8,11,14,16,18H,3-4,9-10,12-13,15H2,1-2H3,(H,25,26);1H. The average molecular weight is 528 g/mol. The van der Waals surface area contributed by atoms with Gasteiger partial charge in [0.25, 0.3) is 0 Å². The number of guanidine groups is 1. The number of rotatable bonds is 7. The van der Waals surface area contributed by atoms with E-state index in [2.05, 4.69) is 15.2 Å². The summed E-state index contributed by atoms with van der Waals surface area (Å²) in [6, 6.07) is 8.43. The van der Waals surface area contributed by atoms with Crippen molar-refractivity contribution >= 4 is 29.9 Å². The van der Waals surface area contributed by atoms with Crippen LogP contribution in [0.2, 0.25) is 0 Å². The highest BCUT2D eigenvalue weighted by atomic mass is 127. The van der Waals surface area contributed by atoms with Crippen LogP contribution >= 0.6 is 24.0 Å². The molecule has 1 fully saturated rings. The lowest BCUT2D eigenvalue weighted by atomic mass is 10.1. The second-order valence-electron chi connectivity index (χ2n) is 6.87. The molecule has 1 N–H and O–H groups in total. The third-order valence-electron chi connectivity index (χ3n) is 4.75. The molecule has 0 bridgehead atoms. The Labute approximate surface area is 194 Å². The van der Waals surface area contributed by atoms with E-state index < -0.39 is 5.82 Å². The Kier molecular flexibility index (Phi) is 10.3. The number of benzene rings is 1. The maximum absolute atomic E-state index is 14.4. The van der Waals surface area contributed by atoms with Gasteiger partial charge in [0.1, 0.15) is 5.75 Å². The summed E-state index contributed by atoms with van der Waals surface area (Å²) in [6.45, 7) is 7.83. The Hall–Kier alpha value is -1.94. The number of likely N-dealkylation sites (tertiary alicyclic amines) is 1. The molecule has 1 aliphatic rings. The van der Waals surface area contributed by atoms with Crippen molar-refractivity contribution in [2.24, 2.45) is 4.99 Å². The first-order valence-electron chi connectivity index (χ1n) is 10.2. The summed E-state index contributed by atoms with van der Waals surface area (Å²) in [5, 5.41) is 3.34. The van der Waals surface area contributed by atoms with Gasteiger partial charge in [-0.2, -0.15) is 0 Å². The highest BCUT2D eigenvalue weighted by Crippen LogP contribution is 2.24. The summed E-state index contributed by atoms with van der Waals surface area (Å²) in [4.78, 5) is 10.9. The molecular formula is C22H30FIN4O2. The second kappa shape index (κ2) is 12.7. The summed E-state index contributed by atoms with van der Waals surface area (Å²) in [7, 11) is 0. The molecule has 1 aliphatic heterocycles. The molecule has 0 aliphatic carbocycles. The fourth-order valence-electron chi connectivity index (χ4n) is 3.32. The summed E-state index contributed by atoms with van der Waals surface area (Å²) in [6.07, 6.45) is 5.52. The lowest BCUT2D eigenvalue weighted by Gasteiger charge is -2.34. The number of pyridine rings is 1. The van der Waals surface area contributed by atoms with Crippen molar-refractivity contribution in [2.75, 3.05) is 26.2 Å². The smallest absolute Gasteiger partial charge is 0.194 e. The minimum atomic E-state index is -0.413. The first-order chi connectivity index (χ1) is 14.2. The van der Waals surface area contributed by atoms with Crippen molar-refractivity contribution in [3.8, 4) is 11.5 Å². The molecule has 8 heteroatoms. The number of hydrogen-bond donors (Lipinski definition) is 1. The van der Waals surface area contributed by atoms with E-state index >= 15 is 0 Å². The molecule has 0 unspecified atom stereocenters. The van der Waals surface area contributed by atoms with E-state index in [0.717, 1.165) is 50.6 Å². The van der Waals surface area contributed by atoms with Crippen LogP contribution < -0.4 is 10.1 Å². The molecule has 1 aromatic heterocycles. The van der Waals surface area contributed by atoms with Gasteiger partial charge < -0.3 is 19.7 Å². The number of nitrogens with one attached hydrogen (secondary N) is 1. The first kappa shape index (κ1) is 24.3. The Morgan fingerprint density at radius 1 is 1.27 bits per heavy atom. The largest absolute Gasteiger partial charge is 0.453 e. The van der Waals surface area contributed by atoms with E-state index in [4.69, 9.17) is 14.5 Å². The molecule has 1 saturated heterocycles. The number of aliphatic imine (C=N–C) groups is 1. The number of nitrogens with zero attached hydrogens (tertiary/aromatic N) is 3. The number of piperidine rings is 1. The minimum Gasteiger partial charge on any atom is -0.453 e. The van der Waals surface area contributed by atoms with E-state index in [1.807, 2.05) is 19.9 Å². The van der Waals surface area contributed by atoms with Crippen LogP contribution in [0.1, 0.15) is 32.3 Å². The fraction of sp³-hybridized carbons (Fsp3) is 0.455. The maximum Gasteiger partial charge on any atom is 0.194 e. The Morgan fingerprint density at radius 3 is 2.70 bits per heavy atom. The van der Waals surface area contributed by atoms with Crippen molar-refractivity contribution in [1.82, 2.24) is 15.2 Å². The molecule has 2 heterocycles. The van der Waals surface area contributed by atoms with Gasteiger partial charge in [-0.15, -0.1) is 24.0 Å². The van der Waals surface area contributed by atoms with Gasteiger partial charge >= 0.3 is 0 Å². The molecular weight excluding hydrogens is 498 g/mol. The molecule has 2 aromatic rings. The zero-order valence-electron chi connectivity index (χ0n) is 17.5. The van der Waals surface area contributed by atoms with Gasteiger partial charge in [-0.05, 0) is 56.5 Å². The van der Waals surface area contributed by atoms with Gasteiger partial charge in [0.05, 0.1) is 18.8 Å². The van der Waals surface area contributed by atoms with Crippen molar-refractivity contribution in [3.63, 3.8) is 0 Å². The Balaban J connectivity index is 0.00000320. The van der Waals surface area contributed by atoms with Crippen molar-refractivity contribution in [3.05, 3.63) is 54.1 Å². The van der Waals surface area contributed by atoms with Gasteiger partial charge in [-0.3, -0.25) is 4.98 Å². The highest BCUT2D eigenvalue weighted by Gasteiger charge is 2.21. The lowest BCUT2D eigenvalue weighted by molar-refractivity contribution is 0.0263. The number of halogens is 2. The summed E-state index contributed by atoms with van der Waals surface area (Å²) in [5.41, 5.74) is 0.792. The normalized spacial score (nSPS) is 14.9. The first-order valence-corrected chi connectivity index (χ1v) is 10.2. The molecule has 1 aromatic carbocycles. The third-order valence-corrected chi connectivity index (χ3v) is 4.75. The highest BCUT2D eigenvalue weighted by molar-refractivity contribution is 14.0. The quantitative estimate of drug-likeness (QED) is 0.324. The van der Waals surface area contributed by atoms with E-state index in [1.54, 1.807) is 30.6 Å². The van der Waals surface area contributed by atoms with Gasteiger partial charge in [0.15, 0.2) is 17.5 Å². The molecule has 0 saturated carbocycles. The van der Waals surface area contributed by atoms with Crippen LogP contribution in [0.4, 0.5) is 4.39 Å². The second-order valence-corrected chi connectivity index (χ2v) is 6.87. The van der Waals surface area contributed by atoms with E-state index in [9.17, 15) is 4.39 Å². The van der Waals surface area contributed by atoms with E-state index in [0.29, 0.717) is 18.4 Å². The predicted octanol–water partition coefficient (Wildman–Crippen LogP) is 4.60. The molecule has 3 rings (SSSR count). The molecule has 0 amide bonds. The number of ether oxygens (including phenoxy) is 2. The average Bonchev–Trinajstić information content (AvgIpc) is 2.74. The molecule has 0 radical (unpaired) electrons. The maximum atomic E-state index is 14.4. The summed E-state index contributed by atoms with van der Waals surface area (Å²) < 4.78 is 25.7. The van der Waals surface area contributed by atoms with Gasteiger partial charge in [0.2, 0.25) is 0 Å².